The summed E-state index contributed by atoms with van der Waals surface area (Å²) in [6.45, 7) is 0.157. The fourth-order valence-corrected chi connectivity index (χ4v) is 2.73. The monoisotopic (exact) mass is 375 g/mol. The molecule has 1 saturated heterocycles. The molecule has 0 spiro atoms. The van der Waals surface area contributed by atoms with E-state index < -0.39 is 18.1 Å². The van der Waals surface area contributed by atoms with Gasteiger partial charge in [0.2, 0.25) is 0 Å². The highest BCUT2D eigenvalue weighted by molar-refractivity contribution is 14.1. The number of esters is 1. The predicted octanol–water partition coefficient (Wildman–Crippen LogP) is 1.04. The van der Waals surface area contributed by atoms with Gasteiger partial charge in [-0.2, -0.15) is 0 Å². The SMILES string of the molecule is COC(=O)C1CC(O)CN1C(=O)c1cccc(I)c1. The largest absolute Gasteiger partial charge is 0.467 e. The van der Waals surface area contributed by atoms with Gasteiger partial charge in [-0.3, -0.25) is 4.79 Å². The Morgan fingerprint density at radius 3 is 2.84 bits per heavy atom. The van der Waals surface area contributed by atoms with Crippen molar-refractivity contribution in [3.8, 4) is 0 Å². The zero-order chi connectivity index (χ0) is 14.0. The molecule has 1 aliphatic rings. The molecule has 0 bridgehead atoms. The van der Waals surface area contributed by atoms with E-state index in [1.807, 2.05) is 6.07 Å². The highest BCUT2D eigenvalue weighted by Gasteiger charge is 2.39. The number of ether oxygens (including phenoxy) is 1. The fraction of sp³-hybridized carbons (Fsp3) is 0.385. The molecule has 19 heavy (non-hydrogen) atoms. The molecular weight excluding hydrogens is 361 g/mol. The lowest BCUT2D eigenvalue weighted by molar-refractivity contribution is -0.145. The number of carbonyl (C=O) groups excluding carboxylic acids is 2. The first-order valence-corrected chi connectivity index (χ1v) is 6.93. The second-order valence-corrected chi connectivity index (χ2v) is 5.64. The summed E-state index contributed by atoms with van der Waals surface area (Å²) in [6.07, 6.45) is -0.460. The average Bonchev–Trinajstić information content (AvgIpc) is 2.79. The summed E-state index contributed by atoms with van der Waals surface area (Å²) >= 11 is 2.12. The summed E-state index contributed by atoms with van der Waals surface area (Å²) in [5, 5.41) is 9.66. The van der Waals surface area contributed by atoms with Crippen molar-refractivity contribution in [3.05, 3.63) is 33.4 Å². The number of carbonyl (C=O) groups is 2. The van der Waals surface area contributed by atoms with Gasteiger partial charge in [-0.25, -0.2) is 4.79 Å². The van der Waals surface area contributed by atoms with E-state index in [2.05, 4.69) is 27.3 Å². The molecule has 1 heterocycles. The number of β-amino-alcohol motifs (C(OH)–C–C–N with tert-alkyl or cyclic N) is 1. The number of methoxy groups -OCH3 is 1. The topological polar surface area (TPSA) is 66.8 Å². The number of nitrogens with zero attached hydrogens (tertiary/aromatic N) is 1. The number of aliphatic hydroxyl groups is 1. The van der Waals surface area contributed by atoms with Crippen molar-refractivity contribution in [1.82, 2.24) is 4.90 Å². The van der Waals surface area contributed by atoms with Crippen molar-refractivity contribution in [2.45, 2.75) is 18.6 Å². The summed E-state index contributed by atoms with van der Waals surface area (Å²) in [6, 6.07) is 6.42. The van der Waals surface area contributed by atoms with Gasteiger partial charge in [-0.05, 0) is 40.8 Å². The van der Waals surface area contributed by atoms with Crippen LogP contribution < -0.4 is 0 Å². The Morgan fingerprint density at radius 1 is 1.47 bits per heavy atom. The lowest BCUT2D eigenvalue weighted by atomic mass is 10.1. The number of benzene rings is 1. The molecule has 0 saturated carbocycles. The molecule has 1 fully saturated rings. The lowest BCUT2D eigenvalue weighted by Crippen LogP contribution is -2.41. The van der Waals surface area contributed by atoms with Crippen LogP contribution in [0.15, 0.2) is 24.3 Å². The van der Waals surface area contributed by atoms with Crippen molar-refractivity contribution in [1.29, 1.82) is 0 Å². The van der Waals surface area contributed by atoms with Gasteiger partial charge < -0.3 is 14.7 Å². The van der Waals surface area contributed by atoms with Crippen molar-refractivity contribution in [2.24, 2.45) is 0 Å². The van der Waals surface area contributed by atoms with Crippen LogP contribution in [0, 0.1) is 3.57 Å². The number of likely N-dealkylation sites (tertiary alicyclic amines) is 1. The van der Waals surface area contributed by atoms with E-state index in [0.717, 1.165) is 3.57 Å². The van der Waals surface area contributed by atoms with Crippen molar-refractivity contribution in [3.63, 3.8) is 0 Å². The molecule has 2 rings (SSSR count). The van der Waals surface area contributed by atoms with Crippen LogP contribution in [0.4, 0.5) is 0 Å². The smallest absolute Gasteiger partial charge is 0.328 e. The standard InChI is InChI=1S/C13H14INO4/c1-19-13(18)11-6-10(16)7-15(11)12(17)8-3-2-4-9(14)5-8/h2-5,10-11,16H,6-7H2,1H3. The molecule has 102 valence electrons. The molecule has 1 aromatic carbocycles. The number of hydrogen-bond acceptors (Lipinski definition) is 4. The van der Waals surface area contributed by atoms with Crippen LogP contribution in [-0.2, 0) is 9.53 Å². The zero-order valence-corrected chi connectivity index (χ0v) is 12.5. The van der Waals surface area contributed by atoms with E-state index in [1.54, 1.807) is 18.2 Å². The van der Waals surface area contributed by atoms with Crippen LogP contribution in [0.1, 0.15) is 16.8 Å². The van der Waals surface area contributed by atoms with Crippen LogP contribution in [0.5, 0.6) is 0 Å². The van der Waals surface area contributed by atoms with E-state index in [9.17, 15) is 14.7 Å². The van der Waals surface area contributed by atoms with Crippen molar-refractivity contribution < 1.29 is 19.4 Å². The molecular formula is C13H14INO4. The van der Waals surface area contributed by atoms with E-state index in [4.69, 9.17) is 0 Å². The number of hydrogen-bond donors (Lipinski definition) is 1. The van der Waals surface area contributed by atoms with Crippen molar-refractivity contribution >= 4 is 34.5 Å². The molecule has 2 atom stereocenters. The summed E-state index contributed by atoms with van der Waals surface area (Å²) in [5.74, 6) is -0.749. The van der Waals surface area contributed by atoms with Crippen LogP contribution in [0.2, 0.25) is 0 Å². The second kappa shape index (κ2) is 5.87. The molecule has 1 aromatic rings. The molecule has 0 radical (unpaired) electrons. The highest BCUT2D eigenvalue weighted by Crippen LogP contribution is 2.22. The van der Waals surface area contributed by atoms with E-state index in [0.29, 0.717) is 5.56 Å². The summed E-state index contributed by atoms with van der Waals surface area (Å²) in [4.78, 5) is 25.4. The van der Waals surface area contributed by atoms with Crippen molar-refractivity contribution in [2.75, 3.05) is 13.7 Å². The Kier molecular flexibility index (Phi) is 4.41. The normalized spacial score (nSPS) is 22.4. The quantitative estimate of drug-likeness (QED) is 0.620. The number of halogens is 1. The average molecular weight is 375 g/mol. The molecule has 1 N–H and O–H groups in total. The molecule has 0 aliphatic carbocycles. The minimum absolute atomic E-state index is 0.157. The van der Waals surface area contributed by atoms with E-state index in [-0.39, 0.29) is 18.9 Å². The summed E-state index contributed by atoms with van der Waals surface area (Å²) < 4.78 is 5.62. The predicted molar refractivity (Wildman–Crippen MR) is 76.6 cm³/mol. The van der Waals surface area contributed by atoms with Gasteiger partial charge >= 0.3 is 5.97 Å². The Labute approximate surface area is 124 Å². The number of aliphatic hydroxyl groups excluding tert-OH is 1. The van der Waals surface area contributed by atoms with Crippen LogP contribution in [0.3, 0.4) is 0 Å². The van der Waals surface area contributed by atoms with Gasteiger partial charge in [0.05, 0.1) is 13.2 Å². The van der Waals surface area contributed by atoms with Gasteiger partial charge in [-0.1, -0.05) is 6.07 Å². The van der Waals surface area contributed by atoms with Gasteiger partial charge in [0.15, 0.2) is 0 Å². The summed E-state index contributed by atoms with van der Waals surface area (Å²) in [7, 11) is 1.28. The maximum Gasteiger partial charge on any atom is 0.328 e. The van der Waals surface area contributed by atoms with Gasteiger partial charge in [0.1, 0.15) is 6.04 Å². The summed E-state index contributed by atoms with van der Waals surface area (Å²) in [5.41, 5.74) is 0.509. The Morgan fingerprint density at radius 2 is 2.21 bits per heavy atom. The minimum Gasteiger partial charge on any atom is -0.467 e. The Hall–Kier alpha value is -1.15. The minimum atomic E-state index is -0.703. The van der Waals surface area contributed by atoms with Crippen LogP contribution in [0.25, 0.3) is 0 Å². The van der Waals surface area contributed by atoms with Gasteiger partial charge in [0.25, 0.3) is 5.91 Å². The molecule has 6 heteroatoms. The van der Waals surface area contributed by atoms with Gasteiger partial charge in [-0.15, -0.1) is 0 Å². The van der Waals surface area contributed by atoms with E-state index in [1.165, 1.54) is 12.0 Å². The maximum atomic E-state index is 12.4. The lowest BCUT2D eigenvalue weighted by Gasteiger charge is -2.22. The number of rotatable bonds is 2. The molecule has 0 aromatic heterocycles. The Bertz CT molecular complexity index is 505. The third kappa shape index (κ3) is 3.06. The highest BCUT2D eigenvalue weighted by atomic mass is 127. The molecule has 2 unspecified atom stereocenters. The Balaban J connectivity index is 2.24. The first-order valence-electron chi connectivity index (χ1n) is 5.85. The molecule has 5 nitrogen and oxygen atoms in total. The third-order valence-electron chi connectivity index (χ3n) is 3.08. The molecule has 1 amide bonds. The first kappa shape index (κ1) is 14.3. The third-order valence-corrected chi connectivity index (χ3v) is 3.76. The zero-order valence-electron chi connectivity index (χ0n) is 10.4. The van der Waals surface area contributed by atoms with Gasteiger partial charge in [0, 0.05) is 22.1 Å². The second-order valence-electron chi connectivity index (χ2n) is 4.40. The van der Waals surface area contributed by atoms with Crippen LogP contribution >= 0.6 is 22.6 Å². The first-order chi connectivity index (χ1) is 9.02. The fourth-order valence-electron chi connectivity index (χ4n) is 2.19. The molecule has 1 aliphatic heterocycles. The van der Waals surface area contributed by atoms with Crippen LogP contribution in [-0.4, -0.2) is 47.7 Å². The maximum absolute atomic E-state index is 12.4. The number of amides is 1. The van der Waals surface area contributed by atoms with E-state index >= 15 is 0 Å².